The fourth-order valence-electron chi connectivity index (χ4n) is 3.80. The molecule has 0 saturated heterocycles. The Morgan fingerprint density at radius 1 is 0.815 bits per heavy atom. The van der Waals surface area contributed by atoms with E-state index in [9.17, 15) is 4.79 Å². The van der Waals surface area contributed by atoms with Gasteiger partial charge < -0.3 is 9.64 Å². The van der Waals surface area contributed by atoms with Crippen molar-refractivity contribution in [2.45, 2.75) is 58.3 Å². The van der Waals surface area contributed by atoms with Crippen LogP contribution in [0.25, 0.3) is 0 Å². The van der Waals surface area contributed by atoms with E-state index in [1.54, 1.807) is 0 Å². The van der Waals surface area contributed by atoms with Gasteiger partial charge in [-0.05, 0) is 25.0 Å². The van der Waals surface area contributed by atoms with Gasteiger partial charge in [-0.15, -0.1) is 0 Å². The summed E-state index contributed by atoms with van der Waals surface area (Å²) in [5.41, 5.74) is 1.97. The third kappa shape index (κ3) is 4.52. The van der Waals surface area contributed by atoms with E-state index in [1.807, 2.05) is 48.5 Å². The van der Waals surface area contributed by atoms with Crippen molar-refractivity contribution >= 4 is 5.91 Å². The van der Waals surface area contributed by atoms with Crippen LogP contribution in [0, 0.1) is 0 Å². The first-order chi connectivity index (χ1) is 13.3. The second-order valence-electron chi connectivity index (χ2n) is 7.35. The van der Waals surface area contributed by atoms with Gasteiger partial charge in [-0.3, -0.25) is 4.79 Å². The number of rotatable bonds is 9. The summed E-state index contributed by atoms with van der Waals surface area (Å²) in [7, 11) is 0. The molecule has 0 fully saturated rings. The summed E-state index contributed by atoms with van der Waals surface area (Å²) in [6.45, 7) is 6.10. The summed E-state index contributed by atoms with van der Waals surface area (Å²) in [5.74, 6) is 1.55. The predicted octanol–water partition coefficient (Wildman–Crippen LogP) is 6.13. The Morgan fingerprint density at radius 3 is 1.78 bits per heavy atom. The molecule has 0 spiro atoms. The van der Waals surface area contributed by atoms with Crippen LogP contribution in [0.3, 0.4) is 0 Å². The number of ether oxygens (including phenoxy) is 1. The van der Waals surface area contributed by atoms with Crippen molar-refractivity contribution in [3.8, 4) is 11.5 Å². The Hall–Kier alpha value is -2.29. The van der Waals surface area contributed by atoms with Crippen LogP contribution in [0.15, 0.2) is 48.5 Å². The molecule has 0 bridgehead atoms. The molecule has 1 amide bonds. The minimum atomic E-state index is -0.269. The van der Waals surface area contributed by atoms with Gasteiger partial charge in [-0.2, -0.15) is 0 Å². The van der Waals surface area contributed by atoms with E-state index < -0.39 is 0 Å². The molecular formula is C24H31NO2. The lowest BCUT2D eigenvalue weighted by atomic mass is 9.86. The van der Waals surface area contributed by atoms with Crippen LogP contribution in [-0.2, 0) is 4.79 Å². The largest absolute Gasteiger partial charge is 0.457 e. The first kappa shape index (κ1) is 19.5. The van der Waals surface area contributed by atoms with Crippen LogP contribution >= 0.6 is 0 Å². The number of hydrogen-bond donors (Lipinski definition) is 0. The lowest BCUT2D eigenvalue weighted by Crippen LogP contribution is -2.38. The maximum Gasteiger partial charge on any atom is 0.234 e. The van der Waals surface area contributed by atoms with Gasteiger partial charge in [-0.1, -0.05) is 75.9 Å². The van der Waals surface area contributed by atoms with E-state index in [2.05, 4.69) is 18.7 Å². The van der Waals surface area contributed by atoms with Crippen LogP contribution in [0.5, 0.6) is 11.5 Å². The molecule has 27 heavy (non-hydrogen) atoms. The molecule has 1 aliphatic heterocycles. The van der Waals surface area contributed by atoms with Crippen LogP contribution in [-0.4, -0.2) is 23.9 Å². The number of carbonyl (C=O) groups excluding carboxylic acids is 1. The molecule has 3 rings (SSSR count). The summed E-state index contributed by atoms with van der Waals surface area (Å²) in [4.78, 5) is 15.8. The number of fused-ring (bicyclic) bond motifs is 2. The maximum atomic E-state index is 13.7. The van der Waals surface area contributed by atoms with Crippen molar-refractivity contribution in [3.05, 3.63) is 59.7 Å². The molecule has 0 radical (unpaired) electrons. The molecule has 1 heterocycles. The van der Waals surface area contributed by atoms with Crippen LogP contribution in [0.1, 0.15) is 69.4 Å². The lowest BCUT2D eigenvalue weighted by molar-refractivity contribution is -0.132. The average Bonchev–Trinajstić information content (AvgIpc) is 2.70. The molecule has 1 aliphatic rings. The van der Waals surface area contributed by atoms with Crippen molar-refractivity contribution in [2.75, 3.05) is 13.1 Å². The number of hydrogen-bond acceptors (Lipinski definition) is 2. The molecule has 0 unspecified atom stereocenters. The Morgan fingerprint density at radius 2 is 1.30 bits per heavy atom. The first-order valence-electron chi connectivity index (χ1n) is 10.4. The summed E-state index contributed by atoms with van der Waals surface area (Å²) in [6.07, 6.45) is 6.80. The molecule has 3 nitrogen and oxygen atoms in total. The molecule has 0 atom stereocenters. The Balaban J connectivity index is 1.90. The summed E-state index contributed by atoms with van der Waals surface area (Å²) < 4.78 is 6.06. The van der Waals surface area contributed by atoms with Crippen molar-refractivity contribution in [3.63, 3.8) is 0 Å². The fraction of sp³-hybridized carbons (Fsp3) is 0.458. The van der Waals surface area contributed by atoms with E-state index in [0.717, 1.165) is 48.6 Å². The second-order valence-corrected chi connectivity index (χ2v) is 7.35. The molecule has 0 N–H and O–H groups in total. The number of unbranched alkanes of at least 4 members (excludes halogenated alkanes) is 4. The van der Waals surface area contributed by atoms with E-state index in [0.29, 0.717) is 0 Å². The second kappa shape index (κ2) is 9.59. The standard InChI is InChI=1S/C24H31NO2/c1-3-5-11-17-25(18-12-6-4-2)24(26)23-19-13-7-9-15-21(19)27-22-16-10-8-14-20(22)23/h7-10,13-16,23H,3-6,11-12,17-18H2,1-2H3. The normalized spacial score (nSPS) is 12.8. The molecule has 2 aromatic carbocycles. The summed E-state index contributed by atoms with van der Waals surface area (Å²) in [6, 6.07) is 15.9. The van der Waals surface area contributed by atoms with Crippen molar-refractivity contribution in [1.29, 1.82) is 0 Å². The molecule has 0 aromatic heterocycles. The van der Waals surface area contributed by atoms with Crippen molar-refractivity contribution in [1.82, 2.24) is 4.90 Å². The smallest absolute Gasteiger partial charge is 0.234 e. The van der Waals surface area contributed by atoms with Crippen LogP contribution in [0.2, 0.25) is 0 Å². The zero-order valence-corrected chi connectivity index (χ0v) is 16.6. The lowest BCUT2D eigenvalue weighted by Gasteiger charge is -2.32. The SMILES string of the molecule is CCCCCN(CCCCC)C(=O)C1c2ccccc2Oc2ccccc21. The monoisotopic (exact) mass is 365 g/mol. The quantitative estimate of drug-likeness (QED) is 0.500. The summed E-state index contributed by atoms with van der Waals surface area (Å²) in [5, 5.41) is 0. The Labute approximate surface area is 163 Å². The van der Waals surface area contributed by atoms with E-state index in [4.69, 9.17) is 4.74 Å². The highest BCUT2D eigenvalue weighted by molar-refractivity contribution is 5.89. The van der Waals surface area contributed by atoms with Gasteiger partial charge in [0, 0.05) is 24.2 Å². The first-order valence-corrected chi connectivity index (χ1v) is 10.4. The molecule has 144 valence electrons. The van der Waals surface area contributed by atoms with Crippen molar-refractivity contribution < 1.29 is 9.53 Å². The van der Waals surface area contributed by atoms with E-state index >= 15 is 0 Å². The molecule has 2 aromatic rings. The van der Waals surface area contributed by atoms with Gasteiger partial charge in [0.05, 0.1) is 5.92 Å². The van der Waals surface area contributed by atoms with Gasteiger partial charge in [0.2, 0.25) is 5.91 Å². The highest BCUT2D eigenvalue weighted by Crippen LogP contribution is 2.44. The van der Waals surface area contributed by atoms with E-state index in [1.165, 1.54) is 25.7 Å². The number of amides is 1. The third-order valence-electron chi connectivity index (χ3n) is 5.30. The average molecular weight is 366 g/mol. The maximum absolute atomic E-state index is 13.7. The third-order valence-corrected chi connectivity index (χ3v) is 5.30. The number of carbonyl (C=O) groups is 1. The fourth-order valence-corrected chi connectivity index (χ4v) is 3.80. The summed E-state index contributed by atoms with van der Waals surface area (Å²) >= 11 is 0. The number of para-hydroxylation sites is 2. The minimum Gasteiger partial charge on any atom is -0.457 e. The van der Waals surface area contributed by atoms with Gasteiger partial charge in [-0.25, -0.2) is 0 Å². The zero-order chi connectivity index (χ0) is 19.1. The minimum absolute atomic E-state index is 0.213. The molecule has 0 saturated carbocycles. The van der Waals surface area contributed by atoms with Crippen LogP contribution in [0.4, 0.5) is 0 Å². The van der Waals surface area contributed by atoms with Gasteiger partial charge in [0.15, 0.2) is 0 Å². The topological polar surface area (TPSA) is 29.5 Å². The highest BCUT2D eigenvalue weighted by Gasteiger charge is 2.34. The van der Waals surface area contributed by atoms with E-state index in [-0.39, 0.29) is 11.8 Å². The molecule has 0 aliphatic carbocycles. The molecular weight excluding hydrogens is 334 g/mol. The molecule has 3 heteroatoms. The Kier molecular flexibility index (Phi) is 6.92. The van der Waals surface area contributed by atoms with Gasteiger partial charge >= 0.3 is 0 Å². The van der Waals surface area contributed by atoms with Crippen molar-refractivity contribution in [2.24, 2.45) is 0 Å². The Bertz CT molecular complexity index is 700. The number of nitrogens with zero attached hydrogens (tertiary/aromatic N) is 1. The zero-order valence-electron chi connectivity index (χ0n) is 16.6. The predicted molar refractivity (Wildman–Crippen MR) is 110 cm³/mol. The highest BCUT2D eigenvalue weighted by atomic mass is 16.5. The van der Waals surface area contributed by atoms with Gasteiger partial charge in [0.1, 0.15) is 11.5 Å². The van der Waals surface area contributed by atoms with Gasteiger partial charge in [0.25, 0.3) is 0 Å². The van der Waals surface area contributed by atoms with Crippen LogP contribution < -0.4 is 4.74 Å². The number of benzene rings is 2.